The van der Waals surface area contributed by atoms with Gasteiger partial charge < -0.3 is 15.0 Å². The molecule has 0 radical (unpaired) electrons. The van der Waals surface area contributed by atoms with Crippen LogP contribution in [0.5, 0.6) is 0 Å². The van der Waals surface area contributed by atoms with Crippen LogP contribution in [-0.4, -0.2) is 46.2 Å². The lowest BCUT2D eigenvalue weighted by Crippen LogP contribution is -2.36. The van der Waals surface area contributed by atoms with Crippen LogP contribution in [0, 0.1) is 0 Å². The fourth-order valence-electron chi connectivity index (χ4n) is 3.51. The van der Waals surface area contributed by atoms with Crippen LogP contribution in [0.15, 0.2) is 67.3 Å². The lowest BCUT2D eigenvalue weighted by Gasteiger charge is -2.29. The molecule has 0 spiro atoms. The van der Waals surface area contributed by atoms with E-state index in [0.29, 0.717) is 11.8 Å². The molecule has 5 rings (SSSR count). The minimum Gasteiger partial charge on any atom is -0.378 e. The van der Waals surface area contributed by atoms with Gasteiger partial charge in [0.1, 0.15) is 12.1 Å². The summed E-state index contributed by atoms with van der Waals surface area (Å²) in [5.41, 5.74) is 4.35. The summed E-state index contributed by atoms with van der Waals surface area (Å²) in [6.45, 7) is 3.38. The number of ether oxygens (including phenoxy) is 1. The SMILES string of the molecule is c1cnc(Nc2ncnc3ccc(-c4cccc(N5CCOCC5)c4)cc23)nc1. The van der Waals surface area contributed by atoms with Gasteiger partial charge in [0.25, 0.3) is 0 Å². The first-order chi connectivity index (χ1) is 14.4. The van der Waals surface area contributed by atoms with Crippen molar-refractivity contribution in [1.82, 2.24) is 19.9 Å². The quantitative estimate of drug-likeness (QED) is 0.575. The number of rotatable bonds is 4. The van der Waals surface area contributed by atoms with Crippen LogP contribution in [0.25, 0.3) is 22.0 Å². The zero-order valence-corrected chi connectivity index (χ0v) is 15.8. The third-order valence-electron chi connectivity index (χ3n) is 4.99. The van der Waals surface area contributed by atoms with E-state index in [9.17, 15) is 0 Å². The summed E-state index contributed by atoms with van der Waals surface area (Å²) in [5, 5.41) is 4.12. The molecule has 1 N–H and O–H groups in total. The van der Waals surface area contributed by atoms with Crippen LogP contribution in [0.4, 0.5) is 17.5 Å². The molecule has 1 fully saturated rings. The Kier molecular flexibility index (Phi) is 4.72. The van der Waals surface area contributed by atoms with Gasteiger partial charge >= 0.3 is 0 Å². The van der Waals surface area contributed by atoms with Crippen molar-refractivity contribution in [3.05, 3.63) is 67.3 Å². The Bertz CT molecular complexity index is 1130. The van der Waals surface area contributed by atoms with Gasteiger partial charge in [0.15, 0.2) is 0 Å². The van der Waals surface area contributed by atoms with Crippen molar-refractivity contribution >= 4 is 28.4 Å². The number of morpholine rings is 1. The predicted molar refractivity (Wildman–Crippen MR) is 113 cm³/mol. The molecule has 4 aromatic rings. The molecule has 1 aliphatic heterocycles. The lowest BCUT2D eigenvalue weighted by molar-refractivity contribution is 0.122. The van der Waals surface area contributed by atoms with Crippen LogP contribution in [-0.2, 0) is 4.74 Å². The van der Waals surface area contributed by atoms with Crippen molar-refractivity contribution < 1.29 is 4.74 Å². The first kappa shape index (κ1) is 17.5. The average Bonchev–Trinajstić information content (AvgIpc) is 2.80. The van der Waals surface area contributed by atoms with E-state index in [4.69, 9.17) is 4.74 Å². The molecule has 0 amide bonds. The molecule has 1 saturated heterocycles. The fraction of sp³-hybridized carbons (Fsp3) is 0.182. The molecule has 1 aliphatic rings. The Balaban J connectivity index is 1.52. The number of hydrogen-bond acceptors (Lipinski definition) is 7. The molecule has 7 nitrogen and oxygen atoms in total. The summed E-state index contributed by atoms with van der Waals surface area (Å²) in [4.78, 5) is 19.6. The third kappa shape index (κ3) is 3.72. The molecule has 144 valence electrons. The van der Waals surface area contributed by atoms with Gasteiger partial charge in [0.05, 0.1) is 18.7 Å². The van der Waals surface area contributed by atoms with Crippen LogP contribution in [0.3, 0.4) is 0 Å². The molecule has 0 bridgehead atoms. The monoisotopic (exact) mass is 384 g/mol. The lowest BCUT2D eigenvalue weighted by atomic mass is 10.0. The summed E-state index contributed by atoms with van der Waals surface area (Å²) < 4.78 is 5.47. The van der Waals surface area contributed by atoms with Gasteiger partial charge in [-0.15, -0.1) is 0 Å². The maximum Gasteiger partial charge on any atom is 0.228 e. The number of nitrogens with one attached hydrogen (secondary N) is 1. The highest BCUT2D eigenvalue weighted by atomic mass is 16.5. The number of aromatic nitrogens is 4. The van der Waals surface area contributed by atoms with Crippen LogP contribution in [0.1, 0.15) is 0 Å². The Morgan fingerprint density at radius 2 is 1.66 bits per heavy atom. The van der Waals surface area contributed by atoms with Crippen molar-refractivity contribution in [2.75, 3.05) is 36.5 Å². The molecule has 29 heavy (non-hydrogen) atoms. The molecule has 0 atom stereocenters. The second-order valence-electron chi connectivity index (χ2n) is 6.80. The third-order valence-corrected chi connectivity index (χ3v) is 4.99. The number of hydrogen-bond donors (Lipinski definition) is 1. The second-order valence-corrected chi connectivity index (χ2v) is 6.80. The largest absolute Gasteiger partial charge is 0.378 e. The van der Waals surface area contributed by atoms with Crippen LogP contribution < -0.4 is 10.2 Å². The van der Waals surface area contributed by atoms with Crippen LogP contribution in [0.2, 0.25) is 0 Å². The van der Waals surface area contributed by atoms with Crippen molar-refractivity contribution in [2.24, 2.45) is 0 Å². The van der Waals surface area contributed by atoms with Gasteiger partial charge in [-0.25, -0.2) is 19.9 Å². The summed E-state index contributed by atoms with van der Waals surface area (Å²) >= 11 is 0. The van der Waals surface area contributed by atoms with E-state index in [1.54, 1.807) is 24.8 Å². The van der Waals surface area contributed by atoms with Gasteiger partial charge in [-0.3, -0.25) is 0 Å². The smallest absolute Gasteiger partial charge is 0.228 e. The Morgan fingerprint density at radius 3 is 2.52 bits per heavy atom. The van der Waals surface area contributed by atoms with Crippen molar-refractivity contribution in [1.29, 1.82) is 0 Å². The zero-order valence-electron chi connectivity index (χ0n) is 15.8. The number of benzene rings is 2. The van der Waals surface area contributed by atoms with E-state index in [2.05, 4.69) is 66.6 Å². The fourth-order valence-corrected chi connectivity index (χ4v) is 3.51. The molecular formula is C22H20N6O. The number of anilines is 3. The molecule has 0 unspecified atom stereocenters. The van der Waals surface area contributed by atoms with Gasteiger partial charge in [0, 0.05) is 36.6 Å². The molecule has 7 heteroatoms. The van der Waals surface area contributed by atoms with E-state index in [1.807, 2.05) is 6.07 Å². The van der Waals surface area contributed by atoms with E-state index in [0.717, 1.165) is 48.3 Å². The average molecular weight is 384 g/mol. The maximum absolute atomic E-state index is 5.47. The van der Waals surface area contributed by atoms with E-state index >= 15 is 0 Å². The van der Waals surface area contributed by atoms with Gasteiger partial charge in [-0.05, 0) is 41.5 Å². The van der Waals surface area contributed by atoms with Crippen molar-refractivity contribution in [2.45, 2.75) is 0 Å². The molecule has 2 aromatic heterocycles. The van der Waals surface area contributed by atoms with Gasteiger partial charge in [-0.2, -0.15) is 0 Å². The summed E-state index contributed by atoms with van der Waals surface area (Å²) in [7, 11) is 0. The van der Waals surface area contributed by atoms with Gasteiger partial charge in [-0.1, -0.05) is 18.2 Å². The van der Waals surface area contributed by atoms with E-state index < -0.39 is 0 Å². The Labute approximate surface area is 168 Å². The Hall–Kier alpha value is -3.58. The molecule has 0 saturated carbocycles. The van der Waals surface area contributed by atoms with E-state index in [-0.39, 0.29) is 0 Å². The first-order valence-electron chi connectivity index (χ1n) is 9.59. The summed E-state index contributed by atoms with van der Waals surface area (Å²) in [6, 6.07) is 16.6. The van der Waals surface area contributed by atoms with Crippen molar-refractivity contribution in [3.63, 3.8) is 0 Å². The van der Waals surface area contributed by atoms with Crippen LogP contribution >= 0.6 is 0 Å². The minimum atomic E-state index is 0.507. The standard InChI is InChI=1S/C22H20N6O/c1-3-16(13-18(4-1)28-9-11-29-12-10-28)17-5-6-20-19(14-17)21(26-15-25-20)27-22-23-7-2-8-24-22/h1-8,13-15H,9-12H2,(H,23,24,25,26,27). The molecule has 3 heterocycles. The highest BCUT2D eigenvalue weighted by Crippen LogP contribution is 2.30. The molecule has 0 aliphatic carbocycles. The maximum atomic E-state index is 5.47. The van der Waals surface area contributed by atoms with Gasteiger partial charge in [0.2, 0.25) is 5.95 Å². The highest BCUT2D eigenvalue weighted by molar-refractivity contribution is 5.93. The van der Waals surface area contributed by atoms with Crippen molar-refractivity contribution in [3.8, 4) is 11.1 Å². The first-order valence-corrected chi connectivity index (χ1v) is 9.59. The summed E-state index contributed by atoms with van der Waals surface area (Å²) in [6.07, 6.45) is 4.94. The predicted octanol–water partition coefficient (Wildman–Crippen LogP) is 3.67. The second kappa shape index (κ2) is 7.81. The molecular weight excluding hydrogens is 364 g/mol. The topological polar surface area (TPSA) is 76.1 Å². The normalized spacial score (nSPS) is 14.1. The highest BCUT2D eigenvalue weighted by Gasteiger charge is 2.12. The molecule has 2 aromatic carbocycles. The van der Waals surface area contributed by atoms with E-state index in [1.165, 1.54) is 5.69 Å². The summed E-state index contributed by atoms with van der Waals surface area (Å²) in [5.74, 6) is 1.19. The Morgan fingerprint density at radius 1 is 0.828 bits per heavy atom. The number of fused-ring (bicyclic) bond motifs is 1. The number of nitrogens with zero attached hydrogens (tertiary/aromatic N) is 5. The minimum absolute atomic E-state index is 0.507. The zero-order chi connectivity index (χ0) is 19.5.